The number of methoxy groups -OCH3 is 1. The van der Waals surface area contributed by atoms with Gasteiger partial charge in [-0.25, -0.2) is 9.79 Å². The molecule has 1 aliphatic rings. The van der Waals surface area contributed by atoms with E-state index in [2.05, 4.69) is 32.3 Å². The second-order valence-electron chi connectivity index (χ2n) is 6.84. The molecule has 2 N–H and O–H groups in total. The maximum absolute atomic E-state index is 12.1. The van der Waals surface area contributed by atoms with Crippen molar-refractivity contribution >= 4 is 29.4 Å². The minimum absolute atomic E-state index is 0.0857. The van der Waals surface area contributed by atoms with Crippen molar-refractivity contribution in [2.75, 3.05) is 25.6 Å². The number of anilines is 1. The summed E-state index contributed by atoms with van der Waals surface area (Å²) in [4.78, 5) is 32.3. The van der Waals surface area contributed by atoms with E-state index >= 15 is 0 Å². The van der Waals surface area contributed by atoms with E-state index in [4.69, 9.17) is 4.74 Å². The molecule has 0 spiro atoms. The fourth-order valence-corrected chi connectivity index (χ4v) is 2.07. The zero-order chi connectivity index (χ0) is 19.5. The van der Waals surface area contributed by atoms with E-state index < -0.39 is 11.9 Å². The van der Waals surface area contributed by atoms with Crippen LogP contribution in [0.3, 0.4) is 0 Å². The van der Waals surface area contributed by atoms with Crippen LogP contribution in [0.2, 0.25) is 0 Å². The lowest BCUT2D eigenvalue weighted by molar-refractivity contribution is -0.113. The van der Waals surface area contributed by atoms with Crippen LogP contribution in [0.1, 0.15) is 33.4 Å². The Morgan fingerprint density at radius 1 is 1.35 bits per heavy atom. The number of nitrogens with zero attached hydrogens (tertiary/aromatic N) is 4. The van der Waals surface area contributed by atoms with Crippen LogP contribution < -0.4 is 10.6 Å². The van der Waals surface area contributed by atoms with E-state index in [0.29, 0.717) is 24.7 Å². The largest absolute Gasteiger partial charge is 0.383 e. The van der Waals surface area contributed by atoms with Gasteiger partial charge in [-0.1, -0.05) is 27.4 Å². The summed E-state index contributed by atoms with van der Waals surface area (Å²) in [6.07, 6.45) is 0. The summed E-state index contributed by atoms with van der Waals surface area (Å²) in [6, 6.07) is 1.31. The number of nitrogens with one attached hydrogen (secondary N) is 2. The Bertz CT molecular complexity index is 798. The molecule has 0 aromatic carbocycles. The molecule has 0 bridgehead atoms. The Morgan fingerprint density at radius 2 is 2.04 bits per heavy atom. The summed E-state index contributed by atoms with van der Waals surface area (Å²) >= 11 is 0. The maximum Gasteiger partial charge on any atom is 0.320 e. The molecule has 0 aliphatic carbocycles. The third kappa shape index (κ3) is 4.42. The third-order valence-electron chi connectivity index (χ3n) is 3.66. The second kappa shape index (κ2) is 7.61. The number of carbonyl (C=O) groups excluding carboxylic acids is 2. The fourth-order valence-electron chi connectivity index (χ4n) is 2.07. The first kappa shape index (κ1) is 19.5. The van der Waals surface area contributed by atoms with Crippen molar-refractivity contribution < 1.29 is 14.3 Å². The number of aromatic nitrogens is 2. The van der Waals surface area contributed by atoms with Crippen molar-refractivity contribution in [3.63, 3.8) is 0 Å². The van der Waals surface area contributed by atoms with Gasteiger partial charge in [-0.2, -0.15) is 14.8 Å². The number of amides is 3. The molecule has 0 radical (unpaired) electrons. The molecule has 2 heterocycles. The highest BCUT2D eigenvalue weighted by atomic mass is 16.5. The minimum Gasteiger partial charge on any atom is -0.383 e. The zero-order valence-corrected chi connectivity index (χ0v) is 15.7. The van der Waals surface area contributed by atoms with Gasteiger partial charge in [0, 0.05) is 25.1 Å². The molecule has 3 amide bonds. The van der Waals surface area contributed by atoms with E-state index in [-0.39, 0.29) is 16.9 Å². The highest BCUT2D eigenvalue weighted by molar-refractivity contribution is 6.27. The lowest BCUT2D eigenvalue weighted by Crippen LogP contribution is -2.33. The molecule has 0 unspecified atom stereocenters. The predicted octanol–water partition coefficient (Wildman–Crippen LogP) is 1.71. The van der Waals surface area contributed by atoms with Crippen LogP contribution in [-0.4, -0.2) is 53.7 Å². The minimum atomic E-state index is -0.476. The SMILES string of the molecule is C=C1C(=O)N=C(n2nc(C(C)(C)C)cc2NC(=O)NCCOC)N=C1C. The molecule has 1 aliphatic heterocycles. The monoisotopic (exact) mass is 360 g/mol. The second-order valence-corrected chi connectivity index (χ2v) is 6.84. The lowest BCUT2D eigenvalue weighted by atomic mass is 9.92. The van der Waals surface area contributed by atoms with Gasteiger partial charge in [-0.3, -0.25) is 10.1 Å². The first-order valence-corrected chi connectivity index (χ1v) is 8.15. The normalized spacial score (nSPS) is 14.8. The third-order valence-corrected chi connectivity index (χ3v) is 3.66. The highest BCUT2D eigenvalue weighted by Gasteiger charge is 2.25. The molecular formula is C17H24N6O3. The van der Waals surface area contributed by atoms with E-state index in [1.165, 1.54) is 4.68 Å². The number of ether oxygens (including phenoxy) is 1. The molecule has 0 atom stereocenters. The number of hydrogen-bond donors (Lipinski definition) is 2. The summed E-state index contributed by atoms with van der Waals surface area (Å²) in [5.74, 6) is -0.0288. The van der Waals surface area contributed by atoms with Crippen LogP contribution in [0.15, 0.2) is 28.2 Å². The average Bonchev–Trinajstić information content (AvgIpc) is 2.96. The molecule has 9 heteroatoms. The van der Waals surface area contributed by atoms with Gasteiger partial charge in [0.1, 0.15) is 5.82 Å². The first-order valence-electron chi connectivity index (χ1n) is 8.15. The number of urea groups is 1. The lowest BCUT2D eigenvalue weighted by Gasteiger charge is -2.14. The summed E-state index contributed by atoms with van der Waals surface area (Å²) in [5, 5.41) is 9.85. The Balaban J connectivity index is 2.37. The van der Waals surface area contributed by atoms with Crippen molar-refractivity contribution in [2.24, 2.45) is 9.98 Å². The molecule has 1 aromatic rings. The molecule has 0 saturated carbocycles. The van der Waals surface area contributed by atoms with E-state index in [1.54, 1.807) is 20.1 Å². The summed E-state index contributed by atoms with van der Waals surface area (Å²) in [5.41, 5.74) is 1.15. The predicted molar refractivity (Wildman–Crippen MR) is 99.9 cm³/mol. The molecule has 1 aromatic heterocycles. The number of carbonyl (C=O) groups is 2. The first-order chi connectivity index (χ1) is 12.1. The molecule has 9 nitrogen and oxygen atoms in total. The molecule has 0 fully saturated rings. The van der Waals surface area contributed by atoms with Gasteiger partial charge < -0.3 is 10.1 Å². The smallest absolute Gasteiger partial charge is 0.320 e. The van der Waals surface area contributed by atoms with Gasteiger partial charge in [0.15, 0.2) is 0 Å². The van der Waals surface area contributed by atoms with Gasteiger partial charge in [0.2, 0.25) is 0 Å². The van der Waals surface area contributed by atoms with Crippen molar-refractivity contribution in [2.45, 2.75) is 33.1 Å². The molecular weight excluding hydrogens is 336 g/mol. The van der Waals surface area contributed by atoms with Crippen LogP contribution >= 0.6 is 0 Å². The van der Waals surface area contributed by atoms with E-state index in [0.717, 1.165) is 5.69 Å². The highest BCUT2D eigenvalue weighted by Crippen LogP contribution is 2.24. The van der Waals surface area contributed by atoms with Crippen LogP contribution in [-0.2, 0) is 14.9 Å². The Labute approximate surface area is 152 Å². The van der Waals surface area contributed by atoms with Crippen LogP contribution in [0.4, 0.5) is 10.6 Å². The topological polar surface area (TPSA) is 110 Å². The van der Waals surface area contributed by atoms with Crippen LogP contribution in [0.5, 0.6) is 0 Å². The number of hydrogen-bond acceptors (Lipinski definition) is 5. The Kier molecular flexibility index (Phi) is 5.71. The fraction of sp³-hybridized carbons (Fsp3) is 0.471. The van der Waals surface area contributed by atoms with Crippen molar-refractivity contribution in [3.8, 4) is 0 Å². The Morgan fingerprint density at radius 3 is 2.62 bits per heavy atom. The van der Waals surface area contributed by atoms with E-state index in [9.17, 15) is 9.59 Å². The standard InChI is InChI=1S/C17H24N6O3/c1-10-11(2)19-15(21-14(10)24)23-13(9-12(22-23)17(3,4)5)20-16(25)18-7-8-26-6/h9H,1,7-8H2,2-6H3,(H2,18,20,25). The molecule has 26 heavy (non-hydrogen) atoms. The quantitative estimate of drug-likeness (QED) is 0.629. The van der Waals surface area contributed by atoms with Crippen molar-refractivity contribution in [3.05, 3.63) is 23.9 Å². The van der Waals surface area contributed by atoms with Gasteiger partial charge in [-0.05, 0) is 6.92 Å². The van der Waals surface area contributed by atoms with Crippen LogP contribution in [0, 0.1) is 0 Å². The van der Waals surface area contributed by atoms with Gasteiger partial charge >= 0.3 is 6.03 Å². The number of aliphatic imine (C=N–C) groups is 2. The molecule has 2 rings (SSSR count). The van der Waals surface area contributed by atoms with Gasteiger partial charge in [0.05, 0.1) is 23.6 Å². The van der Waals surface area contributed by atoms with Gasteiger partial charge in [0.25, 0.3) is 11.9 Å². The summed E-state index contributed by atoms with van der Waals surface area (Å²) in [7, 11) is 1.55. The zero-order valence-electron chi connectivity index (χ0n) is 15.7. The van der Waals surface area contributed by atoms with Crippen molar-refractivity contribution in [1.82, 2.24) is 15.1 Å². The molecule has 140 valence electrons. The molecule has 0 saturated heterocycles. The van der Waals surface area contributed by atoms with E-state index in [1.807, 2.05) is 20.8 Å². The van der Waals surface area contributed by atoms with Crippen molar-refractivity contribution in [1.29, 1.82) is 0 Å². The van der Waals surface area contributed by atoms with Gasteiger partial charge in [-0.15, -0.1) is 0 Å². The maximum atomic E-state index is 12.1. The average molecular weight is 360 g/mol. The number of rotatable bonds is 4. The summed E-state index contributed by atoms with van der Waals surface area (Å²) in [6.45, 7) is 12.1. The Hall–Kier alpha value is -2.81. The van der Waals surface area contributed by atoms with Crippen LogP contribution in [0.25, 0.3) is 0 Å². The summed E-state index contributed by atoms with van der Waals surface area (Å²) < 4.78 is 6.25.